The van der Waals surface area contributed by atoms with E-state index >= 15 is 0 Å². The highest BCUT2D eigenvalue weighted by Crippen LogP contribution is 2.44. The van der Waals surface area contributed by atoms with Crippen molar-refractivity contribution in [2.45, 2.75) is 0 Å². The molecule has 0 atom stereocenters. The molecule has 0 aliphatic carbocycles. The molecule has 72 heavy (non-hydrogen) atoms. The van der Waals surface area contributed by atoms with Gasteiger partial charge in [0.05, 0.1) is 27.6 Å². The lowest BCUT2D eigenvalue weighted by molar-refractivity contribution is 0.668. The number of hydrogen-bond acceptors (Lipinski definition) is 5. The van der Waals surface area contributed by atoms with E-state index in [1.807, 2.05) is 30.3 Å². The number of hydrogen-bond donors (Lipinski definition) is 0. The van der Waals surface area contributed by atoms with Crippen LogP contribution in [0.15, 0.2) is 233 Å². The van der Waals surface area contributed by atoms with Crippen LogP contribution in [0.1, 0.15) is 0 Å². The van der Waals surface area contributed by atoms with E-state index < -0.39 is 0 Å². The number of nitrogens with zero attached hydrogens (tertiary/aromatic N) is 5. The average molecular weight is 920 g/mol. The Morgan fingerprint density at radius 2 is 0.875 bits per heavy atom. The van der Waals surface area contributed by atoms with Crippen LogP contribution in [0.4, 0.5) is 0 Å². The van der Waals surface area contributed by atoms with E-state index in [-0.39, 0.29) is 0 Å². The molecule has 16 aromatic rings. The molecule has 0 radical (unpaired) electrons. The third-order valence-electron chi connectivity index (χ3n) is 14.7. The van der Waals surface area contributed by atoms with Crippen molar-refractivity contribution in [1.82, 2.24) is 24.1 Å². The molecule has 0 unspecified atom stereocenters. The summed E-state index contributed by atoms with van der Waals surface area (Å²) >= 11 is 0. The fraction of sp³-hybridized carbons (Fsp3) is 0. The molecule has 0 aliphatic rings. The molecule has 5 aromatic heterocycles. The lowest BCUT2D eigenvalue weighted by atomic mass is 10.0. The van der Waals surface area contributed by atoms with Crippen molar-refractivity contribution in [3.63, 3.8) is 0 Å². The Balaban J connectivity index is 0.989. The minimum atomic E-state index is 0.495. The van der Waals surface area contributed by atoms with Crippen LogP contribution in [0.5, 0.6) is 0 Å². The van der Waals surface area contributed by atoms with Gasteiger partial charge in [0.1, 0.15) is 22.3 Å². The summed E-state index contributed by atoms with van der Waals surface area (Å²) in [5.41, 5.74) is 12.0. The van der Waals surface area contributed by atoms with E-state index in [0.29, 0.717) is 23.1 Å². The lowest BCUT2D eigenvalue weighted by Gasteiger charge is -2.13. The quantitative estimate of drug-likeness (QED) is 0.172. The maximum atomic E-state index is 6.91. The Bertz CT molecular complexity index is 4940. The molecule has 7 heteroatoms. The molecule has 334 valence electrons. The molecule has 0 bridgehead atoms. The van der Waals surface area contributed by atoms with Gasteiger partial charge >= 0.3 is 0 Å². The van der Waals surface area contributed by atoms with E-state index in [1.54, 1.807) is 0 Å². The average Bonchev–Trinajstić information content (AvgIpc) is 4.19. The standard InChI is InChI=1S/C65H37N5O2/c1-2-17-43(18-3-1)69-54-23-11-8-20-46(54)50-33-41(28-30-55(50)69)63-66-64(42-26-29-49-47-21-9-12-24-58(47)71-60(49)35-42)68-65(67-63)53-37-44(36-51-48-22-10-13-25-59(48)72-62(51)53)70-56-31-27-38-14-6-7-19-45(38)61(56)52-32-39-15-4-5-16-40(39)34-57(52)70/h1-37H. The zero-order chi connectivity index (χ0) is 47.0. The Morgan fingerprint density at radius 3 is 1.69 bits per heavy atom. The van der Waals surface area contributed by atoms with Crippen LogP contribution in [0.25, 0.3) is 155 Å². The third kappa shape index (κ3) is 5.70. The number of aromatic nitrogens is 5. The van der Waals surface area contributed by atoms with Gasteiger partial charge in [-0.2, -0.15) is 0 Å². The lowest BCUT2D eigenvalue weighted by Crippen LogP contribution is -2.02. The Morgan fingerprint density at radius 1 is 0.292 bits per heavy atom. The Hall–Kier alpha value is -9.85. The third-order valence-corrected chi connectivity index (χ3v) is 14.7. The molecular formula is C65H37N5O2. The van der Waals surface area contributed by atoms with Crippen molar-refractivity contribution in [1.29, 1.82) is 0 Å². The van der Waals surface area contributed by atoms with Gasteiger partial charge in [-0.1, -0.05) is 133 Å². The number of para-hydroxylation sites is 4. The van der Waals surface area contributed by atoms with E-state index in [1.165, 1.54) is 32.3 Å². The molecule has 5 heterocycles. The minimum absolute atomic E-state index is 0.495. The van der Waals surface area contributed by atoms with Crippen molar-refractivity contribution in [3.05, 3.63) is 224 Å². The van der Waals surface area contributed by atoms with Crippen molar-refractivity contribution in [2.24, 2.45) is 0 Å². The zero-order valence-electron chi connectivity index (χ0n) is 38.4. The number of furan rings is 2. The monoisotopic (exact) mass is 919 g/mol. The first-order valence-corrected chi connectivity index (χ1v) is 24.2. The molecule has 0 saturated carbocycles. The predicted octanol–water partition coefficient (Wildman–Crippen LogP) is 17.2. The van der Waals surface area contributed by atoms with E-state index in [4.69, 9.17) is 23.8 Å². The second kappa shape index (κ2) is 14.8. The van der Waals surface area contributed by atoms with Crippen molar-refractivity contribution < 1.29 is 8.83 Å². The van der Waals surface area contributed by atoms with Gasteiger partial charge in [0.25, 0.3) is 0 Å². The zero-order valence-corrected chi connectivity index (χ0v) is 38.4. The summed E-state index contributed by atoms with van der Waals surface area (Å²) < 4.78 is 18.1. The van der Waals surface area contributed by atoms with Crippen molar-refractivity contribution in [3.8, 4) is 45.5 Å². The van der Waals surface area contributed by atoms with E-state index in [0.717, 1.165) is 99.2 Å². The molecular weight excluding hydrogens is 883 g/mol. The smallest absolute Gasteiger partial charge is 0.167 e. The molecule has 7 nitrogen and oxygen atoms in total. The van der Waals surface area contributed by atoms with Crippen molar-refractivity contribution >= 4 is 109 Å². The highest BCUT2D eigenvalue weighted by molar-refractivity contribution is 6.24. The van der Waals surface area contributed by atoms with Gasteiger partial charge in [0.2, 0.25) is 0 Å². The molecule has 0 fully saturated rings. The fourth-order valence-electron chi connectivity index (χ4n) is 11.4. The minimum Gasteiger partial charge on any atom is -0.456 e. The second-order valence-electron chi connectivity index (χ2n) is 18.7. The maximum absolute atomic E-state index is 6.91. The van der Waals surface area contributed by atoms with Gasteiger partial charge in [0, 0.05) is 65.6 Å². The first-order chi connectivity index (χ1) is 35.7. The van der Waals surface area contributed by atoms with Crippen LogP contribution < -0.4 is 0 Å². The summed E-state index contributed by atoms with van der Waals surface area (Å²) in [4.78, 5) is 16.2. The van der Waals surface area contributed by atoms with Crippen molar-refractivity contribution in [2.75, 3.05) is 0 Å². The summed E-state index contributed by atoms with van der Waals surface area (Å²) in [6.45, 7) is 0. The summed E-state index contributed by atoms with van der Waals surface area (Å²) in [6, 6.07) is 79.2. The van der Waals surface area contributed by atoms with Crippen LogP contribution in [0, 0.1) is 0 Å². The van der Waals surface area contributed by atoms with Crippen LogP contribution >= 0.6 is 0 Å². The molecule has 16 rings (SSSR count). The van der Waals surface area contributed by atoms with Gasteiger partial charge < -0.3 is 18.0 Å². The van der Waals surface area contributed by atoms with E-state index in [2.05, 4.69) is 203 Å². The van der Waals surface area contributed by atoms with Gasteiger partial charge in [-0.25, -0.2) is 15.0 Å². The largest absolute Gasteiger partial charge is 0.456 e. The van der Waals surface area contributed by atoms with Gasteiger partial charge in [-0.15, -0.1) is 0 Å². The molecule has 0 N–H and O–H groups in total. The number of fused-ring (bicyclic) bond motifs is 15. The summed E-state index contributed by atoms with van der Waals surface area (Å²) in [5, 5.41) is 13.5. The van der Waals surface area contributed by atoms with Gasteiger partial charge in [-0.3, -0.25) is 0 Å². The highest BCUT2D eigenvalue weighted by atomic mass is 16.3. The Kier molecular flexibility index (Phi) is 8.04. The highest BCUT2D eigenvalue weighted by Gasteiger charge is 2.24. The van der Waals surface area contributed by atoms with Crippen LogP contribution in [0.3, 0.4) is 0 Å². The fourth-order valence-corrected chi connectivity index (χ4v) is 11.4. The topological polar surface area (TPSA) is 74.8 Å². The number of rotatable bonds is 5. The van der Waals surface area contributed by atoms with Gasteiger partial charge in [0.15, 0.2) is 17.5 Å². The van der Waals surface area contributed by atoms with Crippen LogP contribution in [0.2, 0.25) is 0 Å². The van der Waals surface area contributed by atoms with Crippen LogP contribution in [-0.4, -0.2) is 24.1 Å². The number of benzene rings is 11. The Labute approximate surface area is 410 Å². The first kappa shape index (κ1) is 39.0. The van der Waals surface area contributed by atoms with Gasteiger partial charge in [-0.05, 0) is 113 Å². The normalized spacial score (nSPS) is 12.2. The SMILES string of the molecule is c1ccc(-n2c3ccccc3c3cc(-c4nc(-c5ccc6c(c5)oc5ccccc56)nc(-c5cc(-n6c7cc8ccccc8cc7c7c8ccccc8ccc76)cc6c5oc5ccccc56)n4)ccc32)cc1. The molecule has 0 saturated heterocycles. The summed E-state index contributed by atoms with van der Waals surface area (Å²) in [7, 11) is 0. The first-order valence-electron chi connectivity index (χ1n) is 24.2. The predicted molar refractivity (Wildman–Crippen MR) is 294 cm³/mol. The van der Waals surface area contributed by atoms with E-state index in [9.17, 15) is 0 Å². The molecule has 0 amide bonds. The van der Waals surface area contributed by atoms with Crippen LogP contribution in [-0.2, 0) is 0 Å². The summed E-state index contributed by atoms with van der Waals surface area (Å²) in [5.74, 6) is 1.56. The molecule has 0 aliphatic heterocycles. The molecule has 11 aromatic carbocycles. The second-order valence-corrected chi connectivity index (χ2v) is 18.7. The molecule has 0 spiro atoms. The summed E-state index contributed by atoms with van der Waals surface area (Å²) in [6.07, 6.45) is 0. The maximum Gasteiger partial charge on any atom is 0.167 e.